The average Bonchev–Trinajstić information content (AvgIpc) is 2.89. The number of carbonyl (C=O) groups excluding carboxylic acids is 2. The van der Waals surface area contributed by atoms with E-state index >= 15 is 0 Å². The number of para-hydroxylation sites is 1. The van der Waals surface area contributed by atoms with E-state index in [1.807, 2.05) is 31.2 Å². The molecule has 25 heavy (non-hydrogen) atoms. The van der Waals surface area contributed by atoms with Gasteiger partial charge in [-0.15, -0.1) is 0 Å². The zero-order valence-corrected chi connectivity index (χ0v) is 13.8. The summed E-state index contributed by atoms with van der Waals surface area (Å²) in [5.74, 6) is -3.20. The molecule has 0 N–H and O–H groups in total. The zero-order valence-electron chi connectivity index (χ0n) is 13.8. The molecule has 1 amide bonds. The lowest BCUT2D eigenvalue weighted by molar-refractivity contribution is -0.126. The molecule has 0 radical (unpaired) electrons. The normalized spacial score (nSPS) is 17.1. The lowest BCUT2D eigenvalue weighted by Crippen LogP contribution is -2.43. The van der Waals surface area contributed by atoms with Crippen molar-refractivity contribution in [3.05, 3.63) is 65.2 Å². The fraction of sp³-hybridized carbons (Fsp3) is 0.263. The van der Waals surface area contributed by atoms with E-state index < -0.39 is 29.3 Å². The molecule has 0 fully saturated rings. The topological polar surface area (TPSA) is 46.6 Å². The molecule has 0 saturated carbocycles. The molecule has 130 valence electrons. The molecule has 1 heterocycles. The standard InChI is InChI=1S/C19H17F2NO3/c1-11-9-13-5-3-4-6-17(13)22(11)18(23)12(2)25-19(24)15-8-7-14(20)10-16(15)21/h3-8,10-12H,9H2,1-2H3/t11-,12-/m1/s1. The largest absolute Gasteiger partial charge is 0.449 e. The van der Waals surface area contributed by atoms with Crippen LogP contribution in [0, 0.1) is 11.6 Å². The highest BCUT2D eigenvalue weighted by molar-refractivity contribution is 6.00. The molecule has 0 saturated heterocycles. The number of hydrogen-bond donors (Lipinski definition) is 0. The Morgan fingerprint density at radius 3 is 2.64 bits per heavy atom. The first-order chi connectivity index (χ1) is 11.9. The molecule has 2 atom stereocenters. The maximum atomic E-state index is 13.7. The third-order valence-corrected chi connectivity index (χ3v) is 4.23. The highest BCUT2D eigenvalue weighted by Crippen LogP contribution is 2.32. The van der Waals surface area contributed by atoms with Crippen molar-refractivity contribution < 1.29 is 23.1 Å². The quantitative estimate of drug-likeness (QED) is 0.800. The van der Waals surface area contributed by atoms with Gasteiger partial charge in [0.25, 0.3) is 5.91 Å². The van der Waals surface area contributed by atoms with Gasteiger partial charge in [-0.05, 0) is 44.0 Å². The molecule has 0 aliphatic carbocycles. The fourth-order valence-corrected chi connectivity index (χ4v) is 3.03. The maximum absolute atomic E-state index is 13.7. The lowest BCUT2D eigenvalue weighted by atomic mass is 10.1. The molecule has 3 rings (SSSR count). The van der Waals surface area contributed by atoms with Crippen LogP contribution in [0.15, 0.2) is 42.5 Å². The Morgan fingerprint density at radius 2 is 1.92 bits per heavy atom. The average molecular weight is 345 g/mol. The van der Waals surface area contributed by atoms with Crippen LogP contribution in [-0.4, -0.2) is 24.0 Å². The molecular formula is C19H17F2NO3. The number of amides is 1. The minimum Gasteiger partial charge on any atom is -0.449 e. The van der Waals surface area contributed by atoms with Gasteiger partial charge in [-0.25, -0.2) is 13.6 Å². The van der Waals surface area contributed by atoms with Crippen LogP contribution in [-0.2, 0) is 16.0 Å². The molecule has 0 bridgehead atoms. The summed E-state index contributed by atoms with van der Waals surface area (Å²) in [5.41, 5.74) is 1.43. The van der Waals surface area contributed by atoms with Crippen LogP contribution in [0.1, 0.15) is 29.8 Å². The molecule has 1 aliphatic heterocycles. The Balaban J connectivity index is 1.76. The van der Waals surface area contributed by atoms with E-state index in [9.17, 15) is 18.4 Å². The van der Waals surface area contributed by atoms with Crippen molar-refractivity contribution >= 4 is 17.6 Å². The van der Waals surface area contributed by atoms with Crippen LogP contribution in [0.2, 0.25) is 0 Å². The molecule has 0 aromatic heterocycles. The molecule has 4 nitrogen and oxygen atoms in total. The van der Waals surface area contributed by atoms with Crippen LogP contribution < -0.4 is 4.90 Å². The van der Waals surface area contributed by atoms with E-state index in [1.165, 1.54) is 6.92 Å². The number of ether oxygens (including phenoxy) is 1. The molecule has 0 unspecified atom stereocenters. The summed E-state index contributed by atoms with van der Waals surface area (Å²) in [4.78, 5) is 26.4. The third kappa shape index (κ3) is 3.24. The van der Waals surface area contributed by atoms with Crippen LogP contribution >= 0.6 is 0 Å². The van der Waals surface area contributed by atoms with E-state index in [4.69, 9.17) is 4.74 Å². The van der Waals surface area contributed by atoms with Gasteiger partial charge in [-0.2, -0.15) is 0 Å². The van der Waals surface area contributed by atoms with Crippen molar-refractivity contribution in [3.63, 3.8) is 0 Å². The maximum Gasteiger partial charge on any atom is 0.341 e. The van der Waals surface area contributed by atoms with E-state index in [0.29, 0.717) is 6.07 Å². The Bertz CT molecular complexity index is 837. The Kier molecular flexibility index (Phi) is 4.53. The van der Waals surface area contributed by atoms with E-state index in [2.05, 4.69) is 0 Å². The summed E-state index contributed by atoms with van der Waals surface area (Å²) in [5, 5.41) is 0. The van der Waals surface area contributed by atoms with Gasteiger partial charge in [0.15, 0.2) is 6.10 Å². The van der Waals surface area contributed by atoms with Gasteiger partial charge >= 0.3 is 5.97 Å². The number of benzene rings is 2. The summed E-state index contributed by atoms with van der Waals surface area (Å²) in [6.45, 7) is 3.35. The van der Waals surface area contributed by atoms with Gasteiger partial charge in [0.05, 0.1) is 5.56 Å². The van der Waals surface area contributed by atoms with Crippen molar-refractivity contribution in [2.75, 3.05) is 4.90 Å². The summed E-state index contributed by atoms with van der Waals surface area (Å²) in [7, 11) is 0. The van der Waals surface area contributed by atoms with Crippen molar-refractivity contribution in [1.82, 2.24) is 0 Å². The van der Waals surface area contributed by atoms with Crippen LogP contribution in [0.5, 0.6) is 0 Å². The second-order valence-electron chi connectivity index (χ2n) is 6.06. The first kappa shape index (κ1) is 17.1. The number of esters is 1. The first-order valence-corrected chi connectivity index (χ1v) is 7.95. The number of carbonyl (C=O) groups is 2. The molecule has 2 aromatic rings. The second-order valence-corrected chi connectivity index (χ2v) is 6.06. The summed E-state index contributed by atoms with van der Waals surface area (Å²) < 4.78 is 31.7. The first-order valence-electron chi connectivity index (χ1n) is 7.95. The van der Waals surface area contributed by atoms with Crippen LogP contribution in [0.4, 0.5) is 14.5 Å². The van der Waals surface area contributed by atoms with Gasteiger partial charge in [0.1, 0.15) is 11.6 Å². The minimum atomic E-state index is -1.09. The highest BCUT2D eigenvalue weighted by atomic mass is 19.1. The summed E-state index contributed by atoms with van der Waals surface area (Å²) >= 11 is 0. The summed E-state index contributed by atoms with van der Waals surface area (Å²) in [6.07, 6.45) is -0.375. The number of fused-ring (bicyclic) bond motifs is 1. The van der Waals surface area contributed by atoms with Crippen molar-refractivity contribution in [2.24, 2.45) is 0 Å². The Hall–Kier alpha value is -2.76. The minimum absolute atomic E-state index is 0.0615. The van der Waals surface area contributed by atoms with Crippen LogP contribution in [0.25, 0.3) is 0 Å². The Morgan fingerprint density at radius 1 is 1.20 bits per heavy atom. The Labute approximate surface area is 144 Å². The monoisotopic (exact) mass is 345 g/mol. The van der Waals surface area contributed by atoms with Crippen molar-refractivity contribution in [2.45, 2.75) is 32.4 Å². The van der Waals surface area contributed by atoms with E-state index in [0.717, 1.165) is 29.8 Å². The highest BCUT2D eigenvalue weighted by Gasteiger charge is 2.34. The third-order valence-electron chi connectivity index (χ3n) is 4.23. The number of anilines is 1. The number of nitrogens with zero attached hydrogens (tertiary/aromatic N) is 1. The van der Waals surface area contributed by atoms with Crippen molar-refractivity contribution in [1.29, 1.82) is 0 Å². The predicted molar refractivity (Wildman–Crippen MR) is 88.3 cm³/mol. The van der Waals surface area contributed by atoms with Crippen LogP contribution in [0.3, 0.4) is 0 Å². The number of rotatable bonds is 3. The molecule has 2 aromatic carbocycles. The van der Waals surface area contributed by atoms with Crippen molar-refractivity contribution in [3.8, 4) is 0 Å². The molecule has 6 heteroatoms. The SMILES string of the molecule is C[C@@H]1Cc2ccccc2N1C(=O)[C@@H](C)OC(=O)c1ccc(F)cc1F. The van der Waals surface area contributed by atoms with E-state index in [1.54, 1.807) is 4.90 Å². The zero-order chi connectivity index (χ0) is 18.1. The van der Waals surface area contributed by atoms with Gasteiger partial charge in [-0.3, -0.25) is 4.79 Å². The van der Waals surface area contributed by atoms with Gasteiger partial charge in [0.2, 0.25) is 0 Å². The fourth-order valence-electron chi connectivity index (χ4n) is 3.03. The smallest absolute Gasteiger partial charge is 0.341 e. The number of halogens is 2. The summed E-state index contributed by atoms with van der Waals surface area (Å²) in [6, 6.07) is 10.0. The lowest BCUT2D eigenvalue weighted by Gasteiger charge is -2.26. The van der Waals surface area contributed by atoms with Gasteiger partial charge in [0, 0.05) is 17.8 Å². The predicted octanol–water partition coefficient (Wildman–Crippen LogP) is 3.49. The molecule has 0 spiro atoms. The van der Waals surface area contributed by atoms with Gasteiger partial charge < -0.3 is 9.64 Å². The van der Waals surface area contributed by atoms with Gasteiger partial charge in [-0.1, -0.05) is 18.2 Å². The molecule has 1 aliphatic rings. The molecular weight excluding hydrogens is 328 g/mol. The number of hydrogen-bond acceptors (Lipinski definition) is 3. The van der Waals surface area contributed by atoms with E-state index in [-0.39, 0.29) is 11.9 Å². The second kappa shape index (κ2) is 6.63.